The molecule has 1 aliphatic heterocycles. The van der Waals surface area contributed by atoms with Crippen molar-refractivity contribution < 1.29 is 13.6 Å². The first kappa shape index (κ1) is 13.9. The smallest absolute Gasteiger partial charge is 0.314 e. The monoisotopic (exact) mass is 289 g/mol. The van der Waals surface area contributed by atoms with E-state index in [1.165, 1.54) is 4.90 Å². The van der Waals surface area contributed by atoms with E-state index in [1.807, 2.05) is 0 Å². The number of nitrogens with one attached hydrogen (secondary N) is 1. The average Bonchev–Trinajstić information content (AvgIpc) is 2.34. The summed E-state index contributed by atoms with van der Waals surface area (Å²) in [6.45, 7) is 1.01. The van der Waals surface area contributed by atoms with Crippen LogP contribution in [-0.2, 0) is 0 Å². The van der Waals surface area contributed by atoms with Gasteiger partial charge in [0, 0.05) is 25.2 Å². The van der Waals surface area contributed by atoms with Crippen LogP contribution in [0.15, 0.2) is 12.1 Å². The Morgan fingerprint density at radius 3 is 2.53 bits per heavy atom. The zero-order valence-electron chi connectivity index (χ0n) is 10.1. The second kappa shape index (κ2) is 5.61. The Hall–Kier alpha value is -1.56. The fraction of sp³-hybridized carbons (Fsp3) is 0.417. The molecule has 0 atom stereocenters. The van der Waals surface area contributed by atoms with Gasteiger partial charge in [-0.2, -0.15) is 0 Å². The lowest BCUT2D eigenvalue weighted by atomic mass is 10.0. The Morgan fingerprint density at radius 2 is 2.00 bits per heavy atom. The molecule has 0 bridgehead atoms. The molecule has 2 rings (SSSR count). The Labute approximate surface area is 114 Å². The molecule has 4 nitrogen and oxygen atoms in total. The number of urea groups is 1. The molecule has 1 aliphatic rings. The number of carbonyl (C=O) groups is 1. The number of anilines is 1. The molecule has 2 amide bonds. The highest BCUT2D eigenvalue weighted by molar-refractivity contribution is 6.33. The normalized spacial score (nSPS) is 16.5. The number of piperidine rings is 1. The van der Waals surface area contributed by atoms with Gasteiger partial charge in [0.25, 0.3) is 0 Å². The second-order valence-corrected chi connectivity index (χ2v) is 4.90. The third-order valence-electron chi connectivity index (χ3n) is 3.16. The summed E-state index contributed by atoms with van der Waals surface area (Å²) in [5.74, 6) is -1.43. The number of likely N-dealkylation sites (tertiary alicyclic amines) is 1. The minimum absolute atomic E-state index is 0.00910. The van der Waals surface area contributed by atoms with Crippen molar-refractivity contribution in [3.8, 4) is 0 Å². The molecule has 0 spiro atoms. The van der Waals surface area contributed by atoms with E-state index in [1.54, 1.807) is 0 Å². The molecule has 1 heterocycles. The van der Waals surface area contributed by atoms with Crippen LogP contribution in [0.25, 0.3) is 0 Å². The number of rotatable bonds is 2. The summed E-state index contributed by atoms with van der Waals surface area (Å²) in [4.78, 5) is 12.5. The van der Waals surface area contributed by atoms with Crippen molar-refractivity contribution in [3.05, 3.63) is 28.8 Å². The van der Waals surface area contributed by atoms with Gasteiger partial charge in [-0.15, -0.1) is 0 Å². The van der Waals surface area contributed by atoms with Crippen molar-refractivity contribution in [2.24, 2.45) is 5.73 Å². The fourth-order valence-corrected chi connectivity index (χ4v) is 2.38. The third-order valence-corrected chi connectivity index (χ3v) is 3.46. The lowest BCUT2D eigenvalue weighted by Gasteiger charge is -2.32. The SMILES string of the molecule is NC(=O)N1CCC(Nc2c(F)cc(F)cc2Cl)CC1. The van der Waals surface area contributed by atoms with Crippen LogP contribution in [-0.4, -0.2) is 30.1 Å². The molecule has 0 aliphatic carbocycles. The maximum Gasteiger partial charge on any atom is 0.314 e. The number of nitrogens with two attached hydrogens (primary N) is 1. The van der Waals surface area contributed by atoms with Crippen LogP contribution < -0.4 is 11.1 Å². The number of amides is 2. The fourth-order valence-electron chi connectivity index (χ4n) is 2.13. The first-order chi connectivity index (χ1) is 8.97. The largest absolute Gasteiger partial charge is 0.379 e. The zero-order valence-corrected chi connectivity index (χ0v) is 10.9. The van der Waals surface area contributed by atoms with Crippen LogP contribution in [0.1, 0.15) is 12.8 Å². The molecule has 104 valence electrons. The van der Waals surface area contributed by atoms with E-state index in [9.17, 15) is 13.6 Å². The number of primary amides is 1. The minimum atomic E-state index is -0.720. The quantitative estimate of drug-likeness (QED) is 0.879. The lowest BCUT2D eigenvalue weighted by Crippen LogP contribution is -2.44. The van der Waals surface area contributed by atoms with Crippen molar-refractivity contribution in [1.29, 1.82) is 0 Å². The number of carbonyl (C=O) groups excluding carboxylic acids is 1. The van der Waals surface area contributed by atoms with E-state index < -0.39 is 17.7 Å². The maximum absolute atomic E-state index is 13.6. The molecule has 19 heavy (non-hydrogen) atoms. The molecule has 0 unspecified atom stereocenters. The molecular weight excluding hydrogens is 276 g/mol. The van der Waals surface area contributed by atoms with Gasteiger partial charge in [0.15, 0.2) is 5.82 Å². The number of hydrogen-bond donors (Lipinski definition) is 2. The Balaban J connectivity index is 2.02. The predicted octanol–water partition coefficient (Wildman–Crippen LogP) is 2.57. The lowest BCUT2D eigenvalue weighted by molar-refractivity contribution is 0.193. The van der Waals surface area contributed by atoms with Gasteiger partial charge in [-0.05, 0) is 18.9 Å². The van der Waals surface area contributed by atoms with Gasteiger partial charge in [-0.3, -0.25) is 0 Å². The summed E-state index contributed by atoms with van der Waals surface area (Å²) in [5.41, 5.74) is 5.27. The molecule has 0 radical (unpaired) electrons. The topological polar surface area (TPSA) is 58.4 Å². The van der Waals surface area contributed by atoms with Gasteiger partial charge in [0.1, 0.15) is 5.82 Å². The molecule has 1 aromatic rings. The van der Waals surface area contributed by atoms with E-state index in [0.717, 1.165) is 12.1 Å². The van der Waals surface area contributed by atoms with Crippen molar-refractivity contribution in [3.63, 3.8) is 0 Å². The summed E-state index contributed by atoms with van der Waals surface area (Å²) in [6, 6.07) is 1.37. The molecule has 1 aromatic carbocycles. The summed E-state index contributed by atoms with van der Waals surface area (Å²) in [7, 11) is 0. The third kappa shape index (κ3) is 3.26. The number of nitrogens with zero attached hydrogens (tertiary/aromatic N) is 1. The molecule has 1 saturated heterocycles. The highest BCUT2D eigenvalue weighted by Gasteiger charge is 2.22. The Morgan fingerprint density at radius 1 is 1.37 bits per heavy atom. The summed E-state index contributed by atoms with van der Waals surface area (Å²) < 4.78 is 26.5. The number of benzene rings is 1. The first-order valence-electron chi connectivity index (χ1n) is 5.93. The molecule has 3 N–H and O–H groups in total. The van der Waals surface area contributed by atoms with Crippen molar-refractivity contribution in [2.75, 3.05) is 18.4 Å². The van der Waals surface area contributed by atoms with Gasteiger partial charge in [0.2, 0.25) is 0 Å². The van der Waals surface area contributed by atoms with E-state index >= 15 is 0 Å². The summed E-state index contributed by atoms with van der Waals surface area (Å²) in [5, 5.41) is 2.96. The van der Waals surface area contributed by atoms with Crippen molar-refractivity contribution >= 4 is 23.3 Å². The van der Waals surface area contributed by atoms with Gasteiger partial charge >= 0.3 is 6.03 Å². The van der Waals surface area contributed by atoms with Crippen LogP contribution >= 0.6 is 11.6 Å². The van der Waals surface area contributed by atoms with Gasteiger partial charge in [0.05, 0.1) is 10.7 Å². The van der Waals surface area contributed by atoms with E-state index in [0.29, 0.717) is 25.9 Å². The second-order valence-electron chi connectivity index (χ2n) is 4.49. The van der Waals surface area contributed by atoms with Gasteiger partial charge in [-0.25, -0.2) is 13.6 Å². The molecule has 1 fully saturated rings. The number of halogens is 3. The standard InChI is InChI=1S/C12H14ClF2N3O/c13-9-5-7(14)6-10(15)11(9)17-8-1-3-18(4-2-8)12(16)19/h5-6,8,17H,1-4H2,(H2,16,19). The molecule has 0 saturated carbocycles. The maximum atomic E-state index is 13.6. The minimum Gasteiger partial charge on any atom is -0.379 e. The highest BCUT2D eigenvalue weighted by Crippen LogP contribution is 2.28. The molecular formula is C12H14ClF2N3O. The first-order valence-corrected chi connectivity index (χ1v) is 6.30. The van der Waals surface area contributed by atoms with E-state index in [-0.39, 0.29) is 16.8 Å². The van der Waals surface area contributed by atoms with E-state index in [2.05, 4.69) is 5.32 Å². The summed E-state index contributed by atoms with van der Waals surface area (Å²) in [6.07, 6.45) is 1.27. The van der Waals surface area contributed by atoms with Gasteiger partial charge in [-0.1, -0.05) is 11.6 Å². The van der Waals surface area contributed by atoms with E-state index in [4.69, 9.17) is 17.3 Å². The van der Waals surface area contributed by atoms with Crippen molar-refractivity contribution in [1.82, 2.24) is 4.90 Å². The molecule has 0 aromatic heterocycles. The van der Waals surface area contributed by atoms with Crippen LogP contribution in [0.2, 0.25) is 5.02 Å². The van der Waals surface area contributed by atoms with Gasteiger partial charge < -0.3 is 16.0 Å². The predicted molar refractivity (Wildman–Crippen MR) is 69.2 cm³/mol. The van der Waals surface area contributed by atoms with Crippen molar-refractivity contribution in [2.45, 2.75) is 18.9 Å². The van der Waals surface area contributed by atoms with Crippen LogP contribution in [0.3, 0.4) is 0 Å². The van der Waals surface area contributed by atoms with Crippen LogP contribution in [0, 0.1) is 11.6 Å². The highest BCUT2D eigenvalue weighted by atomic mass is 35.5. The van der Waals surface area contributed by atoms with Crippen LogP contribution in [0.5, 0.6) is 0 Å². The Bertz CT molecular complexity index is 467. The number of hydrogen-bond acceptors (Lipinski definition) is 2. The average molecular weight is 290 g/mol. The zero-order chi connectivity index (χ0) is 14.0. The molecule has 7 heteroatoms. The van der Waals surface area contributed by atoms with Crippen LogP contribution in [0.4, 0.5) is 19.3 Å². The Kier molecular flexibility index (Phi) is 4.09. The summed E-state index contributed by atoms with van der Waals surface area (Å²) >= 11 is 5.81.